The monoisotopic (exact) mass is 270 g/mol. The molecule has 0 spiro atoms. The van der Waals surface area contributed by atoms with Gasteiger partial charge in [0, 0.05) is 12.7 Å². The van der Waals surface area contributed by atoms with Crippen LogP contribution in [0.5, 0.6) is 0 Å². The van der Waals surface area contributed by atoms with Crippen LogP contribution < -0.4 is 0 Å². The van der Waals surface area contributed by atoms with Gasteiger partial charge in [-0.1, -0.05) is 26.7 Å². The van der Waals surface area contributed by atoms with Gasteiger partial charge < -0.3 is 9.16 Å². The van der Waals surface area contributed by atoms with Crippen molar-refractivity contribution in [1.82, 2.24) is 0 Å². The summed E-state index contributed by atoms with van der Waals surface area (Å²) in [5.74, 6) is 0.790. The van der Waals surface area contributed by atoms with Gasteiger partial charge in [-0.2, -0.15) is 0 Å². The van der Waals surface area contributed by atoms with Crippen molar-refractivity contribution in [3.63, 3.8) is 0 Å². The summed E-state index contributed by atoms with van der Waals surface area (Å²) >= 11 is 0. The Labute approximate surface area is 115 Å². The Hall–Kier alpha value is 0.137. The zero-order valence-electron chi connectivity index (χ0n) is 12.4. The van der Waals surface area contributed by atoms with Gasteiger partial charge in [-0.05, 0) is 50.4 Å². The highest BCUT2D eigenvalue weighted by molar-refractivity contribution is 6.29. The first kappa shape index (κ1) is 14.5. The number of ether oxygens (including phenoxy) is 1. The Bertz CT molecular complexity index is 243. The van der Waals surface area contributed by atoms with Gasteiger partial charge in [0.25, 0.3) is 0 Å². The predicted octanol–water partition coefficient (Wildman–Crippen LogP) is 3.22. The molecule has 18 heavy (non-hydrogen) atoms. The van der Waals surface area contributed by atoms with E-state index in [-0.39, 0.29) is 0 Å². The molecule has 2 nitrogen and oxygen atoms in total. The van der Waals surface area contributed by atoms with Crippen molar-refractivity contribution in [2.24, 2.45) is 11.3 Å². The molecule has 3 heteroatoms. The third-order valence-electron chi connectivity index (χ3n) is 4.83. The molecule has 1 heterocycles. The van der Waals surface area contributed by atoms with Gasteiger partial charge >= 0.3 is 0 Å². The number of rotatable bonds is 6. The molecule has 0 N–H and O–H groups in total. The van der Waals surface area contributed by atoms with Crippen LogP contribution in [0.3, 0.4) is 0 Å². The third kappa shape index (κ3) is 3.58. The first-order valence-electron chi connectivity index (χ1n) is 7.85. The van der Waals surface area contributed by atoms with Crippen molar-refractivity contribution in [2.45, 2.75) is 77.5 Å². The SMILES string of the molecule is CC(C)CC1(C(C)O[SiH2]C2CCCO2)CCCC1. The molecule has 0 aromatic heterocycles. The van der Waals surface area contributed by atoms with E-state index in [2.05, 4.69) is 20.8 Å². The van der Waals surface area contributed by atoms with E-state index < -0.39 is 9.76 Å². The van der Waals surface area contributed by atoms with E-state index in [0.717, 1.165) is 12.5 Å². The Balaban J connectivity index is 1.84. The summed E-state index contributed by atoms with van der Waals surface area (Å²) in [4.78, 5) is 0. The zero-order valence-corrected chi connectivity index (χ0v) is 13.8. The van der Waals surface area contributed by atoms with E-state index in [1.165, 1.54) is 44.9 Å². The maximum atomic E-state index is 6.33. The van der Waals surface area contributed by atoms with Crippen molar-refractivity contribution in [2.75, 3.05) is 6.61 Å². The van der Waals surface area contributed by atoms with Crippen LogP contribution in [0.25, 0.3) is 0 Å². The van der Waals surface area contributed by atoms with Crippen LogP contribution in [0, 0.1) is 11.3 Å². The second-order valence-corrected chi connectivity index (χ2v) is 8.36. The third-order valence-corrected chi connectivity index (χ3v) is 6.54. The summed E-state index contributed by atoms with van der Waals surface area (Å²) in [6.07, 6.45) is 9.86. The van der Waals surface area contributed by atoms with E-state index >= 15 is 0 Å². The largest absolute Gasteiger partial charge is 0.418 e. The lowest BCUT2D eigenvalue weighted by molar-refractivity contribution is 0.0387. The molecule has 0 amide bonds. The summed E-state index contributed by atoms with van der Waals surface area (Å²) in [5, 5.41) is 0. The summed E-state index contributed by atoms with van der Waals surface area (Å²) in [6.45, 7) is 8.00. The lowest BCUT2D eigenvalue weighted by Crippen LogP contribution is -2.37. The zero-order chi connectivity index (χ0) is 13.0. The second kappa shape index (κ2) is 6.53. The molecule has 1 aliphatic carbocycles. The fourth-order valence-corrected chi connectivity index (χ4v) is 5.45. The van der Waals surface area contributed by atoms with Gasteiger partial charge in [-0.25, -0.2) is 0 Å². The maximum Gasteiger partial charge on any atom is 0.190 e. The van der Waals surface area contributed by atoms with Crippen LogP contribution in [0.4, 0.5) is 0 Å². The molecule has 2 rings (SSSR count). The van der Waals surface area contributed by atoms with Gasteiger partial charge in [-0.15, -0.1) is 0 Å². The van der Waals surface area contributed by atoms with Gasteiger partial charge in [0.1, 0.15) is 0 Å². The van der Waals surface area contributed by atoms with Gasteiger partial charge in [0.05, 0.1) is 5.73 Å². The summed E-state index contributed by atoms with van der Waals surface area (Å²) < 4.78 is 12.0. The smallest absolute Gasteiger partial charge is 0.190 e. The predicted molar refractivity (Wildman–Crippen MR) is 78.4 cm³/mol. The van der Waals surface area contributed by atoms with E-state index in [1.807, 2.05) is 0 Å². The van der Waals surface area contributed by atoms with E-state index in [0.29, 0.717) is 17.2 Å². The Kier molecular flexibility index (Phi) is 5.28. The topological polar surface area (TPSA) is 18.5 Å². The molecule has 2 aliphatic rings. The highest BCUT2D eigenvalue weighted by Gasteiger charge is 2.40. The average molecular weight is 270 g/mol. The standard InChI is InChI=1S/C15H30O2Si/c1-12(2)11-15(8-4-5-9-15)13(3)17-18-14-7-6-10-16-14/h12-14H,4-11,18H2,1-3H3. The quantitative estimate of drug-likeness (QED) is 0.690. The normalized spacial score (nSPS) is 29.7. The number of hydrogen-bond acceptors (Lipinski definition) is 2. The average Bonchev–Trinajstić information content (AvgIpc) is 2.96. The molecule has 1 saturated heterocycles. The van der Waals surface area contributed by atoms with Crippen LogP contribution in [0.2, 0.25) is 0 Å². The first-order chi connectivity index (χ1) is 8.62. The van der Waals surface area contributed by atoms with Crippen molar-refractivity contribution >= 4 is 9.76 Å². The fourth-order valence-electron chi connectivity index (χ4n) is 3.87. The molecular weight excluding hydrogens is 240 g/mol. The second-order valence-electron chi connectivity index (χ2n) is 6.78. The van der Waals surface area contributed by atoms with Crippen LogP contribution in [0.15, 0.2) is 0 Å². The van der Waals surface area contributed by atoms with E-state index in [4.69, 9.17) is 9.16 Å². The highest BCUT2D eigenvalue weighted by atomic mass is 28.2. The molecule has 2 fully saturated rings. The molecule has 2 atom stereocenters. The van der Waals surface area contributed by atoms with Crippen molar-refractivity contribution in [3.8, 4) is 0 Å². The van der Waals surface area contributed by atoms with Crippen LogP contribution in [0.1, 0.15) is 65.7 Å². The molecule has 1 aliphatic heterocycles. The van der Waals surface area contributed by atoms with Gasteiger partial charge in [0.15, 0.2) is 9.76 Å². The molecule has 106 valence electrons. The maximum absolute atomic E-state index is 6.33. The molecule has 1 saturated carbocycles. The molecular formula is C15H30O2Si. The van der Waals surface area contributed by atoms with Crippen molar-refractivity contribution in [1.29, 1.82) is 0 Å². The Morgan fingerprint density at radius 1 is 1.22 bits per heavy atom. The van der Waals surface area contributed by atoms with Crippen LogP contribution >= 0.6 is 0 Å². The summed E-state index contributed by atoms with van der Waals surface area (Å²) in [5.41, 5.74) is 0.990. The first-order valence-corrected chi connectivity index (χ1v) is 9.25. The Morgan fingerprint density at radius 2 is 1.94 bits per heavy atom. The summed E-state index contributed by atoms with van der Waals surface area (Å²) in [7, 11) is -0.486. The molecule has 2 unspecified atom stereocenters. The lowest BCUT2D eigenvalue weighted by Gasteiger charge is -2.37. The minimum Gasteiger partial charge on any atom is -0.418 e. The summed E-state index contributed by atoms with van der Waals surface area (Å²) in [6, 6.07) is 0. The Morgan fingerprint density at radius 3 is 2.50 bits per heavy atom. The molecule has 0 bridgehead atoms. The van der Waals surface area contributed by atoms with Crippen LogP contribution in [-0.2, 0) is 9.16 Å². The van der Waals surface area contributed by atoms with Crippen molar-refractivity contribution < 1.29 is 9.16 Å². The molecule has 0 aromatic carbocycles. The van der Waals surface area contributed by atoms with Gasteiger partial charge in [0.2, 0.25) is 0 Å². The van der Waals surface area contributed by atoms with E-state index in [1.54, 1.807) is 0 Å². The molecule has 0 aromatic rings. The minimum atomic E-state index is -0.486. The number of hydrogen-bond donors (Lipinski definition) is 0. The van der Waals surface area contributed by atoms with E-state index in [9.17, 15) is 0 Å². The van der Waals surface area contributed by atoms with Crippen LogP contribution in [-0.4, -0.2) is 28.2 Å². The molecule has 0 radical (unpaired) electrons. The fraction of sp³-hybridized carbons (Fsp3) is 1.00. The lowest BCUT2D eigenvalue weighted by atomic mass is 9.75. The van der Waals surface area contributed by atoms with Gasteiger partial charge in [-0.3, -0.25) is 0 Å². The minimum absolute atomic E-state index is 0.457. The van der Waals surface area contributed by atoms with Crippen molar-refractivity contribution in [3.05, 3.63) is 0 Å². The highest BCUT2D eigenvalue weighted by Crippen LogP contribution is 2.46.